The summed E-state index contributed by atoms with van der Waals surface area (Å²) in [6.45, 7) is 1.70. The molecule has 4 heteroatoms. The first-order valence-corrected chi connectivity index (χ1v) is 7.33. The molecule has 0 aliphatic heterocycles. The van der Waals surface area contributed by atoms with Crippen molar-refractivity contribution in [3.8, 4) is 5.75 Å². The van der Waals surface area contributed by atoms with E-state index in [0.29, 0.717) is 5.56 Å². The van der Waals surface area contributed by atoms with Gasteiger partial charge in [0.05, 0.1) is 0 Å². The van der Waals surface area contributed by atoms with Crippen molar-refractivity contribution in [1.82, 2.24) is 5.32 Å². The van der Waals surface area contributed by atoms with Crippen LogP contribution in [0.15, 0.2) is 24.3 Å². The fraction of sp³-hybridized carbons (Fsp3) is 0.562. The van der Waals surface area contributed by atoms with E-state index in [-0.39, 0.29) is 11.8 Å². The molecule has 1 unspecified atom stereocenters. The van der Waals surface area contributed by atoms with Gasteiger partial charge in [0.1, 0.15) is 11.3 Å². The standard InChI is InChI=1S/C16H23NO3/c1-16(15(19)20,12-8-10-14(18)11-9-12)17-13-6-4-2-3-5-7-13/h8-11,13,17-18H,2-7H2,1H3,(H,19,20). The monoisotopic (exact) mass is 277 g/mol. The molecule has 0 saturated heterocycles. The molecule has 1 aromatic carbocycles. The number of nitrogens with one attached hydrogen (secondary N) is 1. The molecule has 3 N–H and O–H groups in total. The highest BCUT2D eigenvalue weighted by Gasteiger charge is 2.37. The Hall–Kier alpha value is -1.55. The molecule has 1 saturated carbocycles. The Kier molecular flexibility index (Phi) is 4.65. The van der Waals surface area contributed by atoms with Crippen molar-refractivity contribution in [1.29, 1.82) is 0 Å². The zero-order valence-electron chi connectivity index (χ0n) is 11.9. The molecule has 1 fully saturated rings. The lowest BCUT2D eigenvalue weighted by Crippen LogP contribution is -2.51. The van der Waals surface area contributed by atoms with E-state index in [1.165, 1.54) is 25.0 Å². The lowest BCUT2D eigenvalue weighted by molar-refractivity contribution is -0.145. The highest BCUT2D eigenvalue weighted by Crippen LogP contribution is 2.27. The first kappa shape index (κ1) is 14.9. The molecule has 4 nitrogen and oxygen atoms in total. The summed E-state index contributed by atoms with van der Waals surface area (Å²) in [6.07, 6.45) is 6.84. The number of rotatable bonds is 4. The Morgan fingerprint density at radius 3 is 2.20 bits per heavy atom. The van der Waals surface area contributed by atoms with Crippen LogP contribution in [0, 0.1) is 0 Å². The van der Waals surface area contributed by atoms with Crippen LogP contribution < -0.4 is 5.32 Å². The van der Waals surface area contributed by atoms with Crippen LogP contribution in [-0.4, -0.2) is 22.2 Å². The highest BCUT2D eigenvalue weighted by atomic mass is 16.4. The summed E-state index contributed by atoms with van der Waals surface area (Å²) in [5.74, 6) is -0.733. The van der Waals surface area contributed by atoms with Gasteiger partial charge in [-0.05, 0) is 37.5 Å². The zero-order chi connectivity index (χ0) is 14.6. The van der Waals surface area contributed by atoms with Crippen LogP contribution in [0.3, 0.4) is 0 Å². The van der Waals surface area contributed by atoms with Crippen molar-refractivity contribution in [2.24, 2.45) is 0 Å². The number of carbonyl (C=O) groups is 1. The largest absolute Gasteiger partial charge is 0.508 e. The molecule has 0 amide bonds. The normalized spacial score (nSPS) is 20.1. The third kappa shape index (κ3) is 3.31. The van der Waals surface area contributed by atoms with Crippen molar-refractivity contribution in [2.45, 2.75) is 57.0 Å². The summed E-state index contributed by atoms with van der Waals surface area (Å²) in [5, 5.41) is 22.3. The maximum Gasteiger partial charge on any atom is 0.328 e. The van der Waals surface area contributed by atoms with Crippen LogP contribution in [-0.2, 0) is 10.3 Å². The average Bonchev–Trinajstić information content (AvgIpc) is 2.67. The number of benzene rings is 1. The van der Waals surface area contributed by atoms with Crippen LogP contribution in [0.4, 0.5) is 0 Å². The number of carboxylic acids is 1. The number of aliphatic carboxylic acids is 1. The maximum absolute atomic E-state index is 11.7. The summed E-state index contributed by atoms with van der Waals surface area (Å²) in [4.78, 5) is 11.7. The lowest BCUT2D eigenvalue weighted by atomic mass is 9.90. The minimum atomic E-state index is -1.11. The van der Waals surface area contributed by atoms with E-state index in [0.717, 1.165) is 25.7 Å². The van der Waals surface area contributed by atoms with Gasteiger partial charge in [-0.25, -0.2) is 4.79 Å². The van der Waals surface area contributed by atoms with Gasteiger partial charge < -0.3 is 10.2 Å². The van der Waals surface area contributed by atoms with Crippen molar-refractivity contribution < 1.29 is 15.0 Å². The quantitative estimate of drug-likeness (QED) is 0.740. The van der Waals surface area contributed by atoms with Gasteiger partial charge in [0, 0.05) is 6.04 Å². The highest BCUT2D eigenvalue weighted by molar-refractivity contribution is 5.80. The molecule has 1 aliphatic rings. The summed E-state index contributed by atoms with van der Waals surface area (Å²) >= 11 is 0. The van der Waals surface area contributed by atoms with Crippen molar-refractivity contribution >= 4 is 5.97 Å². The molecule has 2 rings (SSSR count). The molecule has 1 atom stereocenters. The number of aromatic hydroxyl groups is 1. The Morgan fingerprint density at radius 2 is 1.70 bits per heavy atom. The Labute approximate surface area is 119 Å². The molecule has 110 valence electrons. The van der Waals surface area contributed by atoms with E-state index in [4.69, 9.17) is 0 Å². The van der Waals surface area contributed by atoms with Gasteiger partial charge in [0.2, 0.25) is 0 Å². The molecule has 1 aromatic rings. The summed E-state index contributed by atoms with van der Waals surface area (Å²) in [6, 6.07) is 6.66. The van der Waals surface area contributed by atoms with Crippen LogP contribution in [0.25, 0.3) is 0 Å². The Bertz CT molecular complexity index is 449. The van der Waals surface area contributed by atoms with Gasteiger partial charge >= 0.3 is 5.97 Å². The topological polar surface area (TPSA) is 69.6 Å². The molecule has 1 aliphatic carbocycles. The van der Waals surface area contributed by atoms with Crippen LogP contribution in [0.1, 0.15) is 51.0 Å². The first-order valence-electron chi connectivity index (χ1n) is 7.33. The second kappa shape index (κ2) is 6.27. The van der Waals surface area contributed by atoms with Gasteiger partial charge in [0.15, 0.2) is 0 Å². The van der Waals surface area contributed by atoms with E-state index in [2.05, 4.69) is 5.32 Å². The van der Waals surface area contributed by atoms with Gasteiger partial charge in [-0.2, -0.15) is 0 Å². The van der Waals surface area contributed by atoms with Crippen LogP contribution in [0.2, 0.25) is 0 Å². The SMILES string of the molecule is CC(NC1CCCCCC1)(C(=O)O)c1ccc(O)cc1. The predicted octanol–water partition coefficient (Wildman–Crippen LogP) is 3.00. The fourth-order valence-electron chi connectivity index (χ4n) is 2.90. The smallest absolute Gasteiger partial charge is 0.328 e. The molecule has 0 spiro atoms. The summed E-state index contributed by atoms with van der Waals surface area (Å²) < 4.78 is 0. The van der Waals surface area contributed by atoms with E-state index < -0.39 is 11.5 Å². The molecule has 0 aromatic heterocycles. The number of phenolic OH excluding ortho intramolecular Hbond substituents is 1. The summed E-state index contributed by atoms with van der Waals surface area (Å²) in [7, 11) is 0. The zero-order valence-corrected chi connectivity index (χ0v) is 11.9. The Morgan fingerprint density at radius 1 is 1.15 bits per heavy atom. The van der Waals surface area contributed by atoms with Gasteiger partial charge in [-0.3, -0.25) is 5.32 Å². The van der Waals surface area contributed by atoms with E-state index >= 15 is 0 Å². The first-order chi connectivity index (χ1) is 9.52. The molecular weight excluding hydrogens is 254 g/mol. The van der Waals surface area contributed by atoms with Crippen molar-refractivity contribution in [3.63, 3.8) is 0 Å². The molecule has 0 radical (unpaired) electrons. The predicted molar refractivity (Wildman–Crippen MR) is 77.7 cm³/mol. The van der Waals surface area contributed by atoms with E-state index in [1.54, 1.807) is 19.1 Å². The molecule has 0 bridgehead atoms. The average molecular weight is 277 g/mol. The number of carboxylic acid groups (broad SMARTS) is 1. The van der Waals surface area contributed by atoms with Crippen LogP contribution >= 0.6 is 0 Å². The van der Waals surface area contributed by atoms with Gasteiger partial charge in [0.25, 0.3) is 0 Å². The van der Waals surface area contributed by atoms with Gasteiger partial charge in [-0.15, -0.1) is 0 Å². The minimum Gasteiger partial charge on any atom is -0.508 e. The molecule has 20 heavy (non-hydrogen) atoms. The van der Waals surface area contributed by atoms with Crippen molar-refractivity contribution in [2.75, 3.05) is 0 Å². The van der Waals surface area contributed by atoms with E-state index in [1.807, 2.05) is 0 Å². The van der Waals surface area contributed by atoms with Gasteiger partial charge in [-0.1, -0.05) is 37.8 Å². The minimum absolute atomic E-state index is 0.149. The number of hydrogen-bond donors (Lipinski definition) is 3. The fourth-order valence-corrected chi connectivity index (χ4v) is 2.90. The Balaban J connectivity index is 2.20. The number of phenols is 1. The second-order valence-corrected chi connectivity index (χ2v) is 5.81. The molecular formula is C16H23NO3. The lowest BCUT2D eigenvalue weighted by Gasteiger charge is -2.31. The number of hydrogen-bond acceptors (Lipinski definition) is 3. The summed E-state index contributed by atoms with van der Waals surface area (Å²) in [5.41, 5.74) is -0.435. The molecule has 0 heterocycles. The second-order valence-electron chi connectivity index (χ2n) is 5.81. The van der Waals surface area contributed by atoms with Crippen molar-refractivity contribution in [3.05, 3.63) is 29.8 Å². The third-order valence-corrected chi connectivity index (χ3v) is 4.22. The van der Waals surface area contributed by atoms with E-state index in [9.17, 15) is 15.0 Å². The van der Waals surface area contributed by atoms with Crippen LogP contribution in [0.5, 0.6) is 5.75 Å². The third-order valence-electron chi connectivity index (χ3n) is 4.22. The maximum atomic E-state index is 11.7.